The average Bonchev–Trinajstić information content (AvgIpc) is 3.09. The van der Waals surface area contributed by atoms with Gasteiger partial charge in [0.15, 0.2) is 6.10 Å². The normalized spacial score (nSPS) is 23.3. The lowest BCUT2D eigenvalue weighted by Crippen LogP contribution is -2.20. The molecule has 2 fully saturated rings. The van der Waals surface area contributed by atoms with Gasteiger partial charge in [-0.05, 0) is 49.1 Å². The predicted octanol–water partition coefficient (Wildman–Crippen LogP) is 5.06. The molecular weight excluding hydrogens is 355 g/mol. The lowest BCUT2D eigenvalue weighted by atomic mass is 9.76. The molecule has 1 aromatic carbocycles. The molecule has 4 rings (SSSR count). The Balaban J connectivity index is 1.60. The van der Waals surface area contributed by atoms with Crippen LogP contribution in [0.2, 0.25) is 0 Å². The van der Waals surface area contributed by atoms with Crippen molar-refractivity contribution in [1.29, 1.82) is 0 Å². The molecule has 1 aromatic heterocycles. The van der Waals surface area contributed by atoms with Crippen LogP contribution in [0.15, 0.2) is 42.7 Å². The molecule has 144 valence electrons. The number of hydrogen-bond donors (Lipinski definition) is 1. The number of alkyl carbamates (subject to hydrolysis) is 1. The number of amides is 1. The first kappa shape index (κ1) is 18.5. The van der Waals surface area contributed by atoms with Gasteiger partial charge in [-0.15, -0.1) is 0 Å². The second kappa shape index (κ2) is 7.63. The Morgan fingerprint density at radius 2 is 2.00 bits per heavy atom. The maximum atomic E-state index is 13.6. The van der Waals surface area contributed by atoms with Gasteiger partial charge in [-0.1, -0.05) is 43.2 Å². The molecule has 4 nitrogen and oxygen atoms in total. The third-order valence-corrected chi connectivity index (χ3v) is 5.57. The van der Waals surface area contributed by atoms with Gasteiger partial charge < -0.3 is 10.1 Å². The van der Waals surface area contributed by atoms with E-state index in [2.05, 4.69) is 29.1 Å². The molecule has 28 heavy (non-hydrogen) atoms. The molecule has 1 saturated heterocycles. The molecule has 1 aliphatic heterocycles. The number of carbonyl (C=O) groups is 1. The van der Waals surface area contributed by atoms with E-state index in [1.807, 2.05) is 6.07 Å². The number of ether oxygens (including phenoxy) is 1. The molecule has 2 aliphatic rings. The number of rotatable bonds is 2. The molecule has 0 spiro atoms. The van der Waals surface area contributed by atoms with Crippen LogP contribution in [-0.2, 0) is 4.74 Å². The van der Waals surface area contributed by atoms with Crippen LogP contribution in [0.3, 0.4) is 0 Å². The molecule has 2 aromatic rings. The maximum absolute atomic E-state index is 13.6. The molecule has 2 unspecified atom stereocenters. The fourth-order valence-corrected chi connectivity index (χ4v) is 4.00. The number of aromatic nitrogens is 1. The molecule has 1 saturated carbocycles. The van der Waals surface area contributed by atoms with Crippen molar-refractivity contribution in [2.75, 3.05) is 0 Å². The van der Waals surface area contributed by atoms with Gasteiger partial charge in [-0.2, -0.15) is 0 Å². The second-order valence-electron chi connectivity index (χ2n) is 7.88. The van der Waals surface area contributed by atoms with Crippen molar-refractivity contribution >= 4 is 6.09 Å². The van der Waals surface area contributed by atoms with Crippen molar-refractivity contribution in [3.63, 3.8) is 0 Å². The smallest absolute Gasteiger partial charge is 0.408 e. The molecule has 1 amide bonds. The number of nitrogens with zero attached hydrogens (tertiary/aromatic N) is 1. The molecule has 2 heterocycles. The third-order valence-electron chi connectivity index (χ3n) is 5.57. The minimum absolute atomic E-state index is 0.0586. The van der Waals surface area contributed by atoms with Crippen molar-refractivity contribution in [2.45, 2.75) is 51.2 Å². The van der Waals surface area contributed by atoms with Crippen LogP contribution in [0.25, 0.3) is 0 Å². The average molecular weight is 378 g/mol. The van der Waals surface area contributed by atoms with Gasteiger partial charge in [0.25, 0.3) is 0 Å². The van der Waals surface area contributed by atoms with Crippen molar-refractivity contribution in [3.8, 4) is 11.8 Å². The number of cyclic esters (lactones) is 1. The first-order valence-electron chi connectivity index (χ1n) is 9.73. The molecule has 5 heteroatoms. The fourth-order valence-electron chi connectivity index (χ4n) is 4.00. The van der Waals surface area contributed by atoms with Gasteiger partial charge >= 0.3 is 6.09 Å². The Morgan fingerprint density at radius 1 is 1.18 bits per heavy atom. The molecule has 0 bridgehead atoms. The van der Waals surface area contributed by atoms with Gasteiger partial charge in [0.05, 0.1) is 0 Å². The highest BCUT2D eigenvalue weighted by atomic mass is 19.1. The van der Waals surface area contributed by atoms with E-state index in [9.17, 15) is 9.18 Å². The summed E-state index contributed by atoms with van der Waals surface area (Å²) in [5.41, 5.74) is 2.27. The Bertz CT molecular complexity index is 941. The van der Waals surface area contributed by atoms with Crippen LogP contribution in [0, 0.1) is 23.1 Å². The Hall–Kier alpha value is -2.87. The first-order chi connectivity index (χ1) is 13.5. The van der Waals surface area contributed by atoms with Crippen molar-refractivity contribution < 1.29 is 13.9 Å². The quantitative estimate of drug-likeness (QED) is 0.743. The first-order valence-corrected chi connectivity index (χ1v) is 9.73. The van der Waals surface area contributed by atoms with E-state index < -0.39 is 18.2 Å². The van der Waals surface area contributed by atoms with Crippen LogP contribution < -0.4 is 5.32 Å². The number of halogens is 1. The SMILES string of the molecule is CC1(C#Cc2cncc(C3NC(=O)OC3c3cccc(F)c3)c2)CCCCC1. The summed E-state index contributed by atoms with van der Waals surface area (Å²) in [4.78, 5) is 16.2. The summed E-state index contributed by atoms with van der Waals surface area (Å²) in [7, 11) is 0. The summed E-state index contributed by atoms with van der Waals surface area (Å²) in [6.07, 6.45) is 8.29. The monoisotopic (exact) mass is 378 g/mol. The number of hydrogen-bond acceptors (Lipinski definition) is 3. The van der Waals surface area contributed by atoms with E-state index in [0.29, 0.717) is 5.56 Å². The summed E-state index contributed by atoms with van der Waals surface area (Å²) in [6, 6.07) is 7.61. The third kappa shape index (κ3) is 4.01. The number of benzene rings is 1. The lowest BCUT2D eigenvalue weighted by molar-refractivity contribution is 0.132. The van der Waals surface area contributed by atoms with Gasteiger partial charge in [0, 0.05) is 23.4 Å². The minimum Gasteiger partial charge on any atom is -0.439 e. The zero-order chi connectivity index (χ0) is 19.6. The van der Waals surface area contributed by atoms with Crippen LogP contribution in [0.1, 0.15) is 67.9 Å². The van der Waals surface area contributed by atoms with Gasteiger partial charge in [-0.3, -0.25) is 4.98 Å². The summed E-state index contributed by atoms with van der Waals surface area (Å²) in [5.74, 6) is 6.34. The summed E-state index contributed by atoms with van der Waals surface area (Å²) >= 11 is 0. The fraction of sp³-hybridized carbons (Fsp3) is 0.391. The van der Waals surface area contributed by atoms with E-state index in [-0.39, 0.29) is 11.2 Å². The molecule has 1 N–H and O–H groups in total. The highest BCUT2D eigenvalue weighted by molar-refractivity contribution is 5.71. The van der Waals surface area contributed by atoms with Gasteiger partial charge in [0.1, 0.15) is 11.9 Å². The standard InChI is InChI=1S/C23H23FN2O2/c1-23(9-3-2-4-10-23)11-8-16-12-18(15-25-14-16)20-21(28-22(27)26-20)17-6-5-7-19(24)13-17/h5-7,12-15,20-21H,2-4,9-10H2,1H3,(H,26,27). The van der Waals surface area contributed by atoms with Crippen LogP contribution >= 0.6 is 0 Å². The zero-order valence-corrected chi connectivity index (χ0v) is 15.9. The minimum atomic E-state index is -0.607. The lowest BCUT2D eigenvalue weighted by Gasteiger charge is -2.27. The highest BCUT2D eigenvalue weighted by Gasteiger charge is 2.36. The topological polar surface area (TPSA) is 51.2 Å². The number of nitrogens with one attached hydrogen (secondary N) is 1. The van der Waals surface area contributed by atoms with E-state index >= 15 is 0 Å². The molecular formula is C23H23FN2O2. The maximum Gasteiger partial charge on any atom is 0.408 e. The van der Waals surface area contributed by atoms with E-state index in [0.717, 1.165) is 24.0 Å². The second-order valence-corrected chi connectivity index (χ2v) is 7.88. The Morgan fingerprint density at radius 3 is 2.79 bits per heavy atom. The Kier molecular flexibility index (Phi) is 5.04. The molecule has 2 atom stereocenters. The predicted molar refractivity (Wildman–Crippen MR) is 104 cm³/mol. The summed E-state index contributed by atoms with van der Waals surface area (Å²) in [6.45, 7) is 2.22. The zero-order valence-electron chi connectivity index (χ0n) is 15.9. The van der Waals surface area contributed by atoms with Crippen molar-refractivity contribution in [2.24, 2.45) is 5.41 Å². The molecule has 0 radical (unpaired) electrons. The van der Waals surface area contributed by atoms with Crippen molar-refractivity contribution in [1.82, 2.24) is 10.3 Å². The summed E-state index contributed by atoms with van der Waals surface area (Å²) < 4.78 is 19.0. The van der Waals surface area contributed by atoms with E-state index in [4.69, 9.17) is 4.74 Å². The highest BCUT2D eigenvalue weighted by Crippen LogP contribution is 2.37. The summed E-state index contributed by atoms with van der Waals surface area (Å²) in [5, 5.41) is 2.81. The van der Waals surface area contributed by atoms with Crippen molar-refractivity contribution in [3.05, 3.63) is 65.2 Å². The van der Waals surface area contributed by atoms with Gasteiger partial charge in [0.2, 0.25) is 0 Å². The molecule has 1 aliphatic carbocycles. The van der Waals surface area contributed by atoms with Crippen LogP contribution in [0.5, 0.6) is 0 Å². The largest absolute Gasteiger partial charge is 0.439 e. The van der Waals surface area contributed by atoms with E-state index in [1.165, 1.54) is 31.4 Å². The van der Waals surface area contributed by atoms with E-state index in [1.54, 1.807) is 24.5 Å². The number of pyridine rings is 1. The number of carbonyl (C=O) groups excluding carboxylic acids is 1. The van der Waals surface area contributed by atoms with Crippen LogP contribution in [-0.4, -0.2) is 11.1 Å². The van der Waals surface area contributed by atoms with Gasteiger partial charge in [-0.25, -0.2) is 9.18 Å². The Labute approximate surface area is 164 Å². The van der Waals surface area contributed by atoms with Crippen LogP contribution in [0.4, 0.5) is 9.18 Å².